The third-order valence-electron chi connectivity index (χ3n) is 7.47. The molecule has 3 rings (SSSR count). The standard InChI is InChI=1S/C34H44N4O4/c1-4-37(33(41)30-27(18-12-22-39)17-11-19-28(30)26-15-9-6-10-16-26)23-38(34(42)31(36)24(2)3)32(40)29(35)21-20-25-13-7-5-8-14-25/h5-11,13-17,19,24,29,31,39H,4,12,18,20-23,35-36H2,1-3H3/t29?,31-/m1/s1. The minimum Gasteiger partial charge on any atom is -0.396 e. The van der Waals surface area contributed by atoms with Crippen LogP contribution in [-0.2, 0) is 22.4 Å². The van der Waals surface area contributed by atoms with Gasteiger partial charge in [0, 0.05) is 13.2 Å². The van der Waals surface area contributed by atoms with E-state index in [1.165, 1.54) is 4.90 Å². The molecule has 8 nitrogen and oxygen atoms in total. The molecule has 0 saturated heterocycles. The summed E-state index contributed by atoms with van der Waals surface area (Å²) in [5.41, 5.74) is 16.5. The van der Waals surface area contributed by atoms with E-state index >= 15 is 0 Å². The third kappa shape index (κ3) is 8.35. The lowest BCUT2D eigenvalue weighted by Crippen LogP contribution is -2.57. The molecule has 0 spiro atoms. The molecule has 0 aliphatic carbocycles. The zero-order valence-corrected chi connectivity index (χ0v) is 24.9. The van der Waals surface area contributed by atoms with Gasteiger partial charge in [0.25, 0.3) is 5.91 Å². The van der Waals surface area contributed by atoms with E-state index < -0.39 is 23.9 Å². The topological polar surface area (TPSA) is 130 Å². The van der Waals surface area contributed by atoms with E-state index in [-0.39, 0.29) is 31.6 Å². The fraction of sp³-hybridized carbons (Fsp3) is 0.382. The van der Waals surface area contributed by atoms with E-state index in [4.69, 9.17) is 11.5 Å². The first kappa shape index (κ1) is 32.7. The molecule has 0 aromatic heterocycles. The first-order chi connectivity index (χ1) is 20.2. The molecule has 0 aliphatic rings. The Bertz CT molecular complexity index is 1310. The summed E-state index contributed by atoms with van der Waals surface area (Å²) in [6.07, 6.45) is 1.90. The molecule has 0 fully saturated rings. The van der Waals surface area contributed by atoms with E-state index in [1.54, 1.807) is 6.92 Å². The van der Waals surface area contributed by atoms with Crippen molar-refractivity contribution in [2.45, 2.75) is 58.5 Å². The quantitative estimate of drug-likeness (QED) is 0.251. The highest BCUT2D eigenvalue weighted by Gasteiger charge is 2.34. The van der Waals surface area contributed by atoms with E-state index in [2.05, 4.69) is 0 Å². The fourth-order valence-corrected chi connectivity index (χ4v) is 4.83. The Balaban J connectivity index is 1.96. The van der Waals surface area contributed by atoms with E-state index in [1.807, 2.05) is 92.7 Å². The van der Waals surface area contributed by atoms with Gasteiger partial charge in [0.2, 0.25) is 11.8 Å². The highest BCUT2D eigenvalue weighted by molar-refractivity contribution is 6.04. The van der Waals surface area contributed by atoms with Crippen LogP contribution >= 0.6 is 0 Å². The van der Waals surface area contributed by atoms with Crippen molar-refractivity contribution in [2.75, 3.05) is 19.8 Å². The van der Waals surface area contributed by atoms with Crippen LogP contribution in [0.1, 0.15) is 55.1 Å². The number of nitrogens with zero attached hydrogens (tertiary/aromatic N) is 2. The summed E-state index contributed by atoms with van der Waals surface area (Å²) in [4.78, 5) is 44.1. The number of imide groups is 1. The first-order valence-corrected chi connectivity index (χ1v) is 14.7. The van der Waals surface area contributed by atoms with Crippen molar-refractivity contribution in [1.82, 2.24) is 9.80 Å². The summed E-state index contributed by atoms with van der Waals surface area (Å²) < 4.78 is 0. The van der Waals surface area contributed by atoms with Crippen molar-refractivity contribution >= 4 is 17.7 Å². The summed E-state index contributed by atoms with van der Waals surface area (Å²) in [5.74, 6) is -1.65. The molecule has 0 heterocycles. The molecule has 8 heteroatoms. The summed E-state index contributed by atoms with van der Waals surface area (Å²) in [6, 6.07) is 23.1. The second kappa shape index (κ2) is 16.0. The van der Waals surface area contributed by atoms with Gasteiger partial charge >= 0.3 is 0 Å². The van der Waals surface area contributed by atoms with Gasteiger partial charge in [0.05, 0.1) is 17.6 Å². The van der Waals surface area contributed by atoms with Gasteiger partial charge in [-0.25, -0.2) is 0 Å². The Morgan fingerprint density at radius 2 is 1.48 bits per heavy atom. The largest absolute Gasteiger partial charge is 0.396 e. The first-order valence-electron chi connectivity index (χ1n) is 14.7. The Kier molecular flexibility index (Phi) is 12.4. The number of aryl methyl sites for hydroxylation is 2. The van der Waals surface area contributed by atoms with Crippen LogP contribution < -0.4 is 11.5 Å². The molecule has 224 valence electrons. The molecule has 5 N–H and O–H groups in total. The summed E-state index contributed by atoms with van der Waals surface area (Å²) >= 11 is 0. The molecular formula is C34H44N4O4. The van der Waals surface area contributed by atoms with Gasteiger partial charge in [0.1, 0.15) is 6.67 Å². The smallest absolute Gasteiger partial charge is 0.256 e. The number of hydrogen-bond donors (Lipinski definition) is 3. The van der Waals surface area contributed by atoms with Crippen molar-refractivity contribution in [1.29, 1.82) is 0 Å². The van der Waals surface area contributed by atoms with Crippen molar-refractivity contribution in [2.24, 2.45) is 17.4 Å². The van der Waals surface area contributed by atoms with Crippen LogP contribution in [0.15, 0.2) is 78.9 Å². The number of benzene rings is 3. The average Bonchev–Trinajstić information content (AvgIpc) is 3.02. The van der Waals surface area contributed by atoms with Gasteiger partial charge in [0.15, 0.2) is 0 Å². The summed E-state index contributed by atoms with van der Waals surface area (Å²) in [7, 11) is 0. The van der Waals surface area contributed by atoms with Crippen LogP contribution in [0.5, 0.6) is 0 Å². The Hall–Kier alpha value is -3.85. The number of aliphatic hydroxyl groups is 1. The second-order valence-electron chi connectivity index (χ2n) is 10.8. The molecule has 0 saturated carbocycles. The molecule has 3 amide bonds. The van der Waals surface area contributed by atoms with Crippen molar-refractivity contribution < 1.29 is 19.5 Å². The lowest BCUT2D eigenvalue weighted by Gasteiger charge is -2.33. The van der Waals surface area contributed by atoms with Gasteiger partial charge < -0.3 is 21.5 Å². The molecule has 3 aromatic carbocycles. The Labute approximate surface area is 249 Å². The maximum absolute atomic E-state index is 14.3. The van der Waals surface area contributed by atoms with E-state index in [9.17, 15) is 19.5 Å². The molecule has 42 heavy (non-hydrogen) atoms. The van der Waals surface area contributed by atoms with Crippen LogP contribution in [0.25, 0.3) is 11.1 Å². The van der Waals surface area contributed by atoms with Crippen LogP contribution in [0, 0.1) is 5.92 Å². The Morgan fingerprint density at radius 1 is 0.833 bits per heavy atom. The normalized spacial score (nSPS) is 12.5. The number of hydrogen-bond acceptors (Lipinski definition) is 6. The van der Waals surface area contributed by atoms with Crippen LogP contribution in [0.3, 0.4) is 0 Å². The lowest BCUT2D eigenvalue weighted by atomic mass is 9.92. The van der Waals surface area contributed by atoms with Crippen LogP contribution in [0.4, 0.5) is 0 Å². The number of amides is 3. The zero-order valence-electron chi connectivity index (χ0n) is 24.9. The van der Waals surface area contributed by atoms with Crippen molar-refractivity contribution in [3.05, 3.63) is 95.6 Å². The van der Waals surface area contributed by atoms with E-state index in [0.29, 0.717) is 31.2 Å². The van der Waals surface area contributed by atoms with Crippen molar-refractivity contribution in [3.8, 4) is 11.1 Å². The maximum atomic E-state index is 14.3. The number of aliphatic hydroxyl groups excluding tert-OH is 1. The van der Waals surface area contributed by atoms with E-state index in [0.717, 1.165) is 27.2 Å². The SMILES string of the molecule is CCN(CN(C(=O)C(N)CCc1ccccc1)C(=O)[C@H](N)C(C)C)C(=O)c1c(CCCO)cccc1-c1ccccc1. The minimum absolute atomic E-state index is 0.00850. The number of rotatable bonds is 14. The minimum atomic E-state index is -0.945. The molecule has 3 aromatic rings. The highest BCUT2D eigenvalue weighted by atomic mass is 16.3. The molecule has 0 aliphatic heterocycles. The second-order valence-corrected chi connectivity index (χ2v) is 10.8. The number of carbonyl (C=O) groups excluding carboxylic acids is 3. The van der Waals surface area contributed by atoms with Gasteiger partial charge in [-0.3, -0.25) is 19.3 Å². The predicted molar refractivity (Wildman–Crippen MR) is 166 cm³/mol. The van der Waals surface area contributed by atoms with Gasteiger partial charge in [-0.1, -0.05) is 92.7 Å². The van der Waals surface area contributed by atoms with Gasteiger partial charge in [-0.2, -0.15) is 0 Å². The summed E-state index contributed by atoms with van der Waals surface area (Å²) in [5, 5.41) is 9.50. The molecule has 1 unspecified atom stereocenters. The summed E-state index contributed by atoms with van der Waals surface area (Å²) in [6.45, 7) is 5.40. The monoisotopic (exact) mass is 572 g/mol. The van der Waals surface area contributed by atoms with Crippen molar-refractivity contribution in [3.63, 3.8) is 0 Å². The zero-order chi connectivity index (χ0) is 30.6. The number of carbonyl (C=O) groups is 3. The van der Waals surface area contributed by atoms with Crippen LogP contribution in [-0.4, -0.2) is 64.5 Å². The predicted octanol–water partition coefficient (Wildman–Crippen LogP) is 4.00. The average molecular weight is 573 g/mol. The van der Waals surface area contributed by atoms with Crippen LogP contribution in [0.2, 0.25) is 0 Å². The molecular weight excluding hydrogens is 528 g/mol. The molecule has 0 bridgehead atoms. The fourth-order valence-electron chi connectivity index (χ4n) is 4.83. The highest BCUT2D eigenvalue weighted by Crippen LogP contribution is 2.29. The van der Waals surface area contributed by atoms with Gasteiger partial charge in [-0.05, 0) is 60.8 Å². The lowest BCUT2D eigenvalue weighted by molar-refractivity contribution is -0.149. The molecule has 2 atom stereocenters. The van der Waals surface area contributed by atoms with Gasteiger partial charge in [-0.15, -0.1) is 0 Å². The Morgan fingerprint density at radius 3 is 2.07 bits per heavy atom. The third-order valence-corrected chi connectivity index (χ3v) is 7.47. The number of nitrogens with two attached hydrogens (primary N) is 2. The molecule has 0 radical (unpaired) electrons. The maximum Gasteiger partial charge on any atom is 0.256 e.